The zero-order valence-corrected chi connectivity index (χ0v) is 9.95. The second-order valence-electron chi connectivity index (χ2n) is 4.31. The maximum absolute atomic E-state index is 14.0. The van der Waals surface area contributed by atoms with E-state index in [9.17, 15) is 18.7 Å². The maximum atomic E-state index is 14.0. The van der Waals surface area contributed by atoms with E-state index in [4.69, 9.17) is 0 Å². The first-order valence-electron chi connectivity index (χ1n) is 5.79. The molecule has 1 atom stereocenters. The van der Waals surface area contributed by atoms with Crippen molar-refractivity contribution < 1.29 is 23.4 Å². The van der Waals surface area contributed by atoms with Gasteiger partial charge in [-0.1, -0.05) is 24.3 Å². The molecule has 5 heteroatoms. The molecule has 1 aromatic rings. The van der Waals surface area contributed by atoms with Gasteiger partial charge in [0.05, 0.1) is 6.61 Å². The van der Waals surface area contributed by atoms with E-state index in [1.165, 1.54) is 13.0 Å². The van der Waals surface area contributed by atoms with Crippen LogP contribution in [0.5, 0.6) is 0 Å². The second kappa shape index (κ2) is 4.31. The summed E-state index contributed by atoms with van der Waals surface area (Å²) in [5.74, 6) is -5.61. The van der Waals surface area contributed by atoms with Crippen LogP contribution in [-0.4, -0.2) is 23.6 Å². The number of ether oxygens (including phenoxy) is 1. The Morgan fingerprint density at radius 1 is 1.50 bits per heavy atom. The van der Waals surface area contributed by atoms with E-state index in [1.54, 1.807) is 18.2 Å². The second-order valence-corrected chi connectivity index (χ2v) is 4.31. The number of carbonyl (C=O) groups is 1. The van der Waals surface area contributed by atoms with Gasteiger partial charge in [0.2, 0.25) is 0 Å². The van der Waals surface area contributed by atoms with E-state index < -0.39 is 17.5 Å². The highest BCUT2D eigenvalue weighted by Gasteiger charge is 2.62. The molecule has 1 N–H and O–H groups in total. The number of aryl methyl sites for hydroxylation is 1. The summed E-state index contributed by atoms with van der Waals surface area (Å²) >= 11 is 0. The molecule has 0 saturated heterocycles. The average molecular weight is 256 g/mol. The summed E-state index contributed by atoms with van der Waals surface area (Å²) in [6, 6.07) is 6.38. The highest BCUT2D eigenvalue weighted by molar-refractivity contribution is 5.80. The van der Waals surface area contributed by atoms with Crippen LogP contribution < -0.4 is 0 Å². The molecule has 0 bridgehead atoms. The first kappa shape index (κ1) is 13.0. The predicted octanol–water partition coefficient (Wildman–Crippen LogP) is 2.02. The quantitative estimate of drug-likeness (QED) is 0.842. The number of aliphatic hydroxyl groups is 1. The Kier molecular flexibility index (Phi) is 3.11. The van der Waals surface area contributed by atoms with Crippen molar-refractivity contribution in [3.63, 3.8) is 0 Å². The Balaban J connectivity index is 2.42. The van der Waals surface area contributed by atoms with Gasteiger partial charge in [-0.2, -0.15) is 8.78 Å². The van der Waals surface area contributed by atoms with Crippen molar-refractivity contribution in [2.24, 2.45) is 0 Å². The summed E-state index contributed by atoms with van der Waals surface area (Å²) in [4.78, 5) is 11.3. The molecule has 1 aliphatic carbocycles. The zero-order valence-electron chi connectivity index (χ0n) is 9.95. The van der Waals surface area contributed by atoms with Crippen LogP contribution in [0.2, 0.25) is 0 Å². The molecule has 1 aliphatic rings. The van der Waals surface area contributed by atoms with Crippen LogP contribution in [0, 0.1) is 0 Å². The predicted molar refractivity (Wildman–Crippen MR) is 60.2 cm³/mol. The van der Waals surface area contributed by atoms with Crippen molar-refractivity contribution in [3.05, 3.63) is 35.4 Å². The van der Waals surface area contributed by atoms with Crippen LogP contribution in [0.1, 0.15) is 24.5 Å². The van der Waals surface area contributed by atoms with Gasteiger partial charge in [0.25, 0.3) is 0 Å². The molecule has 0 unspecified atom stereocenters. The van der Waals surface area contributed by atoms with Gasteiger partial charge in [-0.15, -0.1) is 0 Å². The molecular formula is C13H14F2O3. The Morgan fingerprint density at radius 3 is 2.83 bits per heavy atom. The fourth-order valence-electron chi connectivity index (χ4n) is 2.31. The summed E-state index contributed by atoms with van der Waals surface area (Å²) in [5, 5.41) is 10.2. The number of hydrogen-bond acceptors (Lipinski definition) is 3. The van der Waals surface area contributed by atoms with Gasteiger partial charge in [-0.3, -0.25) is 0 Å². The highest BCUT2D eigenvalue weighted by Crippen LogP contribution is 2.47. The molecule has 18 heavy (non-hydrogen) atoms. The van der Waals surface area contributed by atoms with Gasteiger partial charge in [-0.25, -0.2) is 4.79 Å². The van der Waals surface area contributed by atoms with E-state index in [0.717, 1.165) is 0 Å². The normalized spacial score (nSPS) is 22.7. The van der Waals surface area contributed by atoms with Crippen molar-refractivity contribution in [1.29, 1.82) is 0 Å². The number of alkyl halides is 2. The number of benzene rings is 1. The lowest BCUT2D eigenvalue weighted by atomic mass is 9.89. The number of hydrogen-bond donors (Lipinski definition) is 1. The Hall–Kier alpha value is -1.49. The van der Waals surface area contributed by atoms with Gasteiger partial charge < -0.3 is 9.84 Å². The summed E-state index contributed by atoms with van der Waals surface area (Å²) in [5.41, 5.74) is -1.71. The van der Waals surface area contributed by atoms with Gasteiger partial charge in [0.1, 0.15) is 0 Å². The van der Waals surface area contributed by atoms with Gasteiger partial charge in [0.15, 0.2) is 5.60 Å². The topological polar surface area (TPSA) is 46.5 Å². The van der Waals surface area contributed by atoms with Gasteiger partial charge >= 0.3 is 11.9 Å². The maximum Gasteiger partial charge on any atom is 0.380 e. The van der Waals surface area contributed by atoms with E-state index in [2.05, 4.69) is 4.74 Å². The van der Waals surface area contributed by atoms with Gasteiger partial charge in [0, 0.05) is 0 Å². The summed E-state index contributed by atoms with van der Waals surface area (Å²) in [6.07, 6.45) is 0.139. The van der Waals surface area contributed by atoms with Crippen LogP contribution in [0.15, 0.2) is 24.3 Å². The first-order chi connectivity index (χ1) is 8.43. The first-order valence-corrected chi connectivity index (χ1v) is 5.79. The third-order valence-corrected chi connectivity index (χ3v) is 3.27. The monoisotopic (exact) mass is 256 g/mol. The van der Waals surface area contributed by atoms with E-state index in [1.807, 2.05) is 0 Å². The van der Waals surface area contributed by atoms with Crippen LogP contribution in [0.3, 0.4) is 0 Å². The molecule has 0 radical (unpaired) electrons. The van der Waals surface area contributed by atoms with Crippen molar-refractivity contribution in [2.45, 2.75) is 31.3 Å². The minimum atomic E-state index is -3.93. The third-order valence-electron chi connectivity index (χ3n) is 3.27. The van der Waals surface area contributed by atoms with Crippen molar-refractivity contribution >= 4 is 5.97 Å². The van der Waals surface area contributed by atoms with Crippen molar-refractivity contribution in [2.75, 3.05) is 6.61 Å². The van der Waals surface area contributed by atoms with Crippen LogP contribution in [-0.2, 0) is 21.6 Å². The lowest BCUT2D eigenvalue weighted by molar-refractivity contribution is -0.216. The standard InChI is InChI=1S/C13H14F2O3/c1-2-18-11(16)13(14,15)12(17)8-7-9-5-3-4-6-10(9)12/h3-6,17H,2,7-8H2,1H3/t12-/m1/s1. The molecule has 3 nitrogen and oxygen atoms in total. The smallest absolute Gasteiger partial charge is 0.380 e. The molecule has 0 aliphatic heterocycles. The SMILES string of the molecule is CCOC(=O)C(F)(F)[C@@]1(O)CCc2ccccc21. The molecule has 0 aromatic heterocycles. The lowest BCUT2D eigenvalue weighted by Crippen LogP contribution is -2.50. The molecular weight excluding hydrogens is 242 g/mol. The average Bonchev–Trinajstić information content (AvgIpc) is 2.70. The van der Waals surface area contributed by atoms with Crippen molar-refractivity contribution in [3.8, 4) is 0 Å². The number of esters is 1. The number of halogens is 2. The summed E-state index contributed by atoms with van der Waals surface area (Å²) in [7, 11) is 0. The fraction of sp³-hybridized carbons (Fsp3) is 0.462. The number of carbonyl (C=O) groups excluding carboxylic acids is 1. The zero-order chi connectivity index (χ0) is 13.4. The van der Waals surface area contributed by atoms with Crippen LogP contribution >= 0.6 is 0 Å². The van der Waals surface area contributed by atoms with Crippen molar-refractivity contribution in [1.82, 2.24) is 0 Å². The third kappa shape index (κ3) is 1.70. The minimum Gasteiger partial charge on any atom is -0.461 e. The van der Waals surface area contributed by atoms with Gasteiger partial charge in [-0.05, 0) is 30.9 Å². The van der Waals surface area contributed by atoms with E-state index in [0.29, 0.717) is 12.0 Å². The fourth-order valence-corrected chi connectivity index (χ4v) is 2.31. The summed E-state index contributed by atoms with van der Waals surface area (Å²) in [6.45, 7) is 1.30. The molecule has 98 valence electrons. The van der Waals surface area contributed by atoms with E-state index in [-0.39, 0.29) is 18.6 Å². The minimum absolute atomic E-state index is 0.114. The molecule has 0 spiro atoms. The van der Waals surface area contributed by atoms with Crippen LogP contribution in [0.4, 0.5) is 8.78 Å². The Morgan fingerprint density at radius 2 is 2.17 bits per heavy atom. The summed E-state index contributed by atoms with van der Waals surface area (Å²) < 4.78 is 32.4. The van der Waals surface area contributed by atoms with E-state index >= 15 is 0 Å². The van der Waals surface area contributed by atoms with Crippen LogP contribution in [0.25, 0.3) is 0 Å². The lowest BCUT2D eigenvalue weighted by Gasteiger charge is -2.31. The molecule has 0 fully saturated rings. The number of rotatable bonds is 3. The molecule has 0 heterocycles. The largest absolute Gasteiger partial charge is 0.461 e. The Bertz CT molecular complexity index is 473. The Labute approximate surface area is 103 Å². The highest BCUT2D eigenvalue weighted by atomic mass is 19.3. The molecule has 2 rings (SSSR count). The number of fused-ring (bicyclic) bond motifs is 1. The molecule has 1 aromatic carbocycles. The molecule has 0 saturated carbocycles. The molecule has 0 amide bonds.